The number of carbonyl (C=O) groups is 1. The first-order chi connectivity index (χ1) is 6.20. The van der Waals surface area contributed by atoms with Crippen LogP contribution in [0.3, 0.4) is 0 Å². The Morgan fingerprint density at radius 2 is 2.54 bits per heavy atom. The van der Waals surface area contributed by atoms with Gasteiger partial charge in [-0.25, -0.2) is 0 Å². The summed E-state index contributed by atoms with van der Waals surface area (Å²) in [6.07, 6.45) is 0.718. The van der Waals surface area contributed by atoms with Crippen LogP contribution in [-0.4, -0.2) is 36.9 Å². The average molecular weight is 187 g/mol. The van der Waals surface area contributed by atoms with E-state index in [1.54, 1.807) is 6.92 Å². The first-order valence-corrected chi connectivity index (χ1v) is 4.11. The zero-order valence-corrected chi connectivity index (χ0v) is 7.45. The van der Waals surface area contributed by atoms with Crippen LogP contribution < -0.4 is 5.32 Å². The lowest BCUT2D eigenvalue weighted by Crippen LogP contribution is -2.33. The van der Waals surface area contributed by atoms with Crippen molar-refractivity contribution in [2.45, 2.75) is 13.0 Å². The molecule has 0 aromatic rings. The summed E-state index contributed by atoms with van der Waals surface area (Å²) in [4.78, 5) is 11.2. The fourth-order valence-corrected chi connectivity index (χ4v) is 0.815. The predicted octanol–water partition coefficient (Wildman–Crippen LogP) is -0.628. The fraction of sp³-hybridized carbons (Fsp3) is 0.625. The third-order valence-corrected chi connectivity index (χ3v) is 1.43. The highest BCUT2D eigenvalue weighted by Gasteiger charge is 2.14. The molecule has 1 heterocycles. The Labute approximate surface area is 76.3 Å². The molecule has 1 amide bonds. The molecule has 0 fully saturated rings. The van der Waals surface area contributed by atoms with E-state index in [0.29, 0.717) is 13.2 Å². The lowest BCUT2D eigenvalue weighted by atomic mass is 10.4. The monoisotopic (exact) mass is 187 g/mol. The van der Waals surface area contributed by atoms with Crippen LogP contribution in [0, 0.1) is 0 Å². The first kappa shape index (κ1) is 9.85. The minimum Gasteiger partial charge on any atom is -0.494 e. The van der Waals surface area contributed by atoms with Crippen molar-refractivity contribution in [2.75, 3.05) is 19.8 Å². The van der Waals surface area contributed by atoms with Gasteiger partial charge in [-0.15, -0.1) is 0 Å². The molecule has 5 nitrogen and oxygen atoms in total. The molecule has 5 heteroatoms. The quantitative estimate of drug-likeness (QED) is 0.617. The van der Waals surface area contributed by atoms with Crippen LogP contribution in [0.2, 0.25) is 0 Å². The lowest BCUT2D eigenvalue weighted by Gasteiger charge is -2.15. The second-order valence-corrected chi connectivity index (χ2v) is 2.76. The fourth-order valence-electron chi connectivity index (χ4n) is 0.815. The van der Waals surface area contributed by atoms with Gasteiger partial charge < -0.3 is 19.9 Å². The summed E-state index contributed by atoms with van der Waals surface area (Å²) >= 11 is 0. The van der Waals surface area contributed by atoms with Crippen molar-refractivity contribution in [1.82, 2.24) is 5.32 Å². The molecule has 1 rings (SSSR count). The van der Waals surface area contributed by atoms with Crippen LogP contribution in [0.4, 0.5) is 0 Å². The third-order valence-electron chi connectivity index (χ3n) is 1.43. The number of hydrogen-bond acceptors (Lipinski definition) is 4. The first-order valence-electron chi connectivity index (χ1n) is 4.11. The molecular weight excluding hydrogens is 174 g/mol. The van der Waals surface area contributed by atoms with Gasteiger partial charge in [0, 0.05) is 6.54 Å². The van der Waals surface area contributed by atoms with Crippen molar-refractivity contribution >= 4 is 5.91 Å². The topological polar surface area (TPSA) is 67.8 Å². The van der Waals surface area contributed by atoms with Gasteiger partial charge in [-0.2, -0.15) is 0 Å². The Bertz CT molecular complexity index is 212. The molecule has 1 unspecified atom stereocenters. The van der Waals surface area contributed by atoms with Crippen molar-refractivity contribution < 1.29 is 19.4 Å². The van der Waals surface area contributed by atoms with Crippen LogP contribution in [0.1, 0.15) is 6.92 Å². The highest BCUT2D eigenvalue weighted by molar-refractivity contribution is 5.91. The van der Waals surface area contributed by atoms with E-state index in [1.807, 2.05) is 0 Å². The maximum Gasteiger partial charge on any atom is 0.289 e. The normalized spacial score (nSPS) is 17.8. The smallest absolute Gasteiger partial charge is 0.289 e. The zero-order chi connectivity index (χ0) is 9.68. The van der Waals surface area contributed by atoms with Gasteiger partial charge in [0.05, 0.1) is 6.10 Å². The summed E-state index contributed by atoms with van der Waals surface area (Å²) in [7, 11) is 0. The van der Waals surface area contributed by atoms with E-state index in [2.05, 4.69) is 5.32 Å². The Hall–Kier alpha value is -1.23. The van der Waals surface area contributed by atoms with Gasteiger partial charge in [0.1, 0.15) is 19.5 Å². The van der Waals surface area contributed by atoms with Crippen molar-refractivity contribution in [3.05, 3.63) is 12.0 Å². The Balaban J connectivity index is 2.34. The lowest BCUT2D eigenvalue weighted by molar-refractivity contribution is -0.122. The van der Waals surface area contributed by atoms with Crippen molar-refractivity contribution in [3.8, 4) is 0 Å². The standard InChI is InChI=1S/C8H13NO4/c1-6(10)4-9-8(11)7-5-12-2-3-13-7/h5-6,10H,2-4H2,1H3,(H,9,11). The highest BCUT2D eigenvalue weighted by Crippen LogP contribution is 2.03. The molecule has 0 bridgehead atoms. The molecule has 2 N–H and O–H groups in total. The Morgan fingerprint density at radius 3 is 3.08 bits per heavy atom. The van der Waals surface area contributed by atoms with Crippen LogP contribution in [-0.2, 0) is 14.3 Å². The maximum absolute atomic E-state index is 11.2. The molecule has 1 aliphatic heterocycles. The number of amides is 1. The molecule has 0 saturated heterocycles. The van der Waals surface area contributed by atoms with Crippen LogP contribution in [0.25, 0.3) is 0 Å². The minimum absolute atomic E-state index is 0.159. The largest absolute Gasteiger partial charge is 0.494 e. The SMILES string of the molecule is CC(O)CNC(=O)C1=COCCO1. The summed E-state index contributed by atoms with van der Waals surface area (Å²) < 4.78 is 9.91. The van der Waals surface area contributed by atoms with E-state index >= 15 is 0 Å². The molecule has 1 atom stereocenters. The van der Waals surface area contributed by atoms with E-state index in [9.17, 15) is 4.79 Å². The van der Waals surface area contributed by atoms with Gasteiger partial charge in [-0.3, -0.25) is 4.79 Å². The van der Waals surface area contributed by atoms with Gasteiger partial charge >= 0.3 is 0 Å². The summed E-state index contributed by atoms with van der Waals surface area (Å²) in [5.74, 6) is -0.201. The van der Waals surface area contributed by atoms with Gasteiger partial charge in [-0.05, 0) is 6.92 Å². The second-order valence-electron chi connectivity index (χ2n) is 2.76. The molecule has 0 radical (unpaired) electrons. The molecule has 0 spiro atoms. The molecular formula is C8H13NO4. The predicted molar refractivity (Wildman–Crippen MR) is 44.7 cm³/mol. The molecule has 0 aromatic heterocycles. The van der Waals surface area contributed by atoms with Gasteiger partial charge in [0.15, 0.2) is 0 Å². The number of rotatable bonds is 3. The summed E-state index contributed by atoms with van der Waals surface area (Å²) in [5, 5.41) is 11.4. The van der Waals surface area contributed by atoms with E-state index in [1.165, 1.54) is 6.26 Å². The Kier molecular flexibility index (Phi) is 3.57. The molecule has 0 saturated carbocycles. The third kappa shape index (κ3) is 3.33. The minimum atomic E-state index is -0.561. The molecule has 0 aromatic carbocycles. The number of carbonyl (C=O) groups excluding carboxylic acids is 1. The molecule has 1 aliphatic rings. The summed E-state index contributed by atoms with van der Waals surface area (Å²) in [6.45, 7) is 2.65. The van der Waals surface area contributed by atoms with Gasteiger partial charge in [-0.1, -0.05) is 0 Å². The number of aliphatic hydroxyl groups is 1. The van der Waals surface area contributed by atoms with Crippen molar-refractivity contribution in [2.24, 2.45) is 0 Å². The molecule has 0 aliphatic carbocycles. The summed E-state index contributed by atoms with van der Waals surface area (Å²) in [5.41, 5.74) is 0. The number of ether oxygens (including phenoxy) is 2. The van der Waals surface area contributed by atoms with Gasteiger partial charge in [0.2, 0.25) is 5.76 Å². The van der Waals surface area contributed by atoms with E-state index in [4.69, 9.17) is 14.6 Å². The van der Waals surface area contributed by atoms with Crippen molar-refractivity contribution in [1.29, 1.82) is 0 Å². The highest BCUT2D eigenvalue weighted by atomic mass is 16.6. The number of nitrogens with one attached hydrogen (secondary N) is 1. The van der Waals surface area contributed by atoms with Crippen molar-refractivity contribution in [3.63, 3.8) is 0 Å². The average Bonchev–Trinajstić information content (AvgIpc) is 2.15. The van der Waals surface area contributed by atoms with E-state index in [-0.39, 0.29) is 18.2 Å². The molecule has 74 valence electrons. The number of hydrogen-bond donors (Lipinski definition) is 2. The Morgan fingerprint density at radius 1 is 1.77 bits per heavy atom. The van der Waals surface area contributed by atoms with E-state index < -0.39 is 6.10 Å². The number of aliphatic hydroxyl groups excluding tert-OH is 1. The van der Waals surface area contributed by atoms with E-state index in [0.717, 1.165) is 0 Å². The van der Waals surface area contributed by atoms with Crippen LogP contribution in [0.5, 0.6) is 0 Å². The van der Waals surface area contributed by atoms with Crippen LogP contribution in [0.15, 0.2) is 12.0 Å². The molecule has 13 heavy (non-hydrogen) atoms. The second kappa shape index (κ2) is 4.71. The van der Waals surface area contributed by atoms with Gasteiger partial charge in [0.25, 0.3) is 5.91 Å². The zero-order valence-electron chi connectivity index (χ0n) is 7.45. The summed E-state index contributed by atoms with van der Waals surface area (Å²) in [6, 6.07) is 0. The van der Waals surface area contributed by atoms with Crippen LogP contribution >= 0.6 is 0 Å². The maximum atomic E-state index is 11.2.